The normalized spacial score (nSPS) is 31.0. The Morgan fingerprint density at radius 2 is 1.36 bits per heavy atom. The van der Waals surface area contributed by atoms with Crippen LogP contribution in [-0.2, 0) is 20.4 Å². The first-order valence-electron chi connectivity index (χ1n) is 11.5. The van der Waals surface area contributed by atoms with Gasteiger partial charge in [0.1, 0.15) is 0 Å². The summed E-state index contributed by atoms with van der Waals surface area (Å²) in [6, 6.07) is 21.9. The third kappa shape index (κ3) is 5.19. The largest absolute Gasteiger partial charge is 2.00 e. The number of nitrogens with zero attached hydrogens (tertiary/aromatic N) is 2. The van der Waals surface area contributed by atoms with Gasteiger partial charge in [-0.1, -0.05) is 60.7 Å². The predicted octanol–water partition coefficient (Wildman–Crippen LogP) is -0.458. The second-order valence-corrected chi connectivity index (χ2v) is 10.2. The first-order valence-corrected chi connectivity index (χ1v) is 11.9. The first-order chi connectivity index (χ1) is 14.7. The van der Waals surface area contributed by atoms with Crippen molar-refractivity contribution in [3.63, 3.8) is 0 Å². The predicted molar refractivity (Wildman–Crippen MR) is 125 cm³/mol. The Labute approximate surface area is 228 Å². The van der Waals surface area contributed by atoms with Crippen LogP contribution in [0.2, 0.25) is 0 Å². The molecule has 0 aromatic heterocycles. The van der Waals surface area contributed by atoms with Crippen molar-refractivity contribution in [2.75, 3.05) is 0 Å². The Hall–Kier alpha value is -0.958. The van der Waals surface area contributed by atoms with E-state index >= 15 is 0 Å². The van der Waals surface area contributed by atoms with E-state index in [1.165, 1.54) is 43.2 Å². The molecule has 33 heavy (non-hydrogen) atoms. The van der Waals surface area contributed by atoms with Gasteiger partial charge in [0.15, 0.2) is 5.11 Å². The topological polar surface area (TPSA) is 27.6 Å². The van der Waals surface area contributed by atoms with Gasteiger partial charge in [-0.3, -0.25) is 0 Å². The second kappa shape index (κ2) is 11.2. The van der Waals surface area contributed by atoms with Gasteiger partial charge in [0.2, 0.25) is 0 Å². The van der Waals surface area contributed by atoms with Crippen LogP contribution in [0.4, 0.5) is 0 Å². The number of hydrogen-bond acceptors (Lipinski definition) is 2. The van der Waals surface area contributed by atoms with Gasteiger partial charge in [-0.25, -0.2) is 5.01 Å². The summed E-state index contributed by atoms with van der Waals surface area (Å²) in [4.78, 5) is 0. The number of thiocarbonyl (C=S) groups is 1. The van der Waals surface area contributed by atoms with Crippen LogP contribution in [0.5, 0.6) is 0 Å². The Bertz CT molecular complexity index is 944. The molecule has 4 bridgehead atoms. The molecule has 4 fully saturated rings. The molecule has 178 valence electrons. The summed E-state index contributed by atoms with van der Waals surface area (Å²) in [6.07, 6.45) is 7.96. The smallest absolute Gasteiger partial charge is 1.00 e. The number of halogens is 2. The molecule has 7 heteroatoms. The molecule has 1 unspecified atom stereocenters. The van der Waals surface area contributed by atoms with Crippen LogP contribution >= 0.6 is 12.2 Å². The summed E-state index contributed by atoms with van der Waals surface area (Å²) >= 11 is 6.00. The van der Waals surface area contributed by atoms with E-state index in [4.69, 9.17) is 17.3 Å². The number of hydrazone groups is 1. The molecule has 1 N–H and O–H groups in total. The van der Waals surface area contributed by atoms with Crippen molar-refractivity contribution in [2.45, 2.75) is 50.6 Å². The summed E-state index contributed by atoms with van der Waals surface area (Å²) in [7, 11) is 0. The third-order valence-corrected chi connectivity index (χ3v) is 8.23. The summed E-state index contributed by atoms with van der Waals surface area (Å²) in [5.74, 6) is 3.56. The van der Waals surface area contributed by atoms with Gasteiger partial charge in [0.05, 0.1) is 11.8 Å². The van der Waals surface area contributed by atoms with Crippen molar-refractivity contribution < 1.29 is 45.2 Å². The number of nitrogens with one attached hydrogen (secondary N) is 1. The van der Waals surface area contributed by atoms with Crippen molar-refractivity contribution in [3.05, 3.63) is 71.8 Å². The number of hydrogen-bond donors (Lipinski definition) is 1. The van der Waals surface area contributed by atoms with Crippen molar-refractivity contribution in [1.82, 2.24) is 10.3 Å². The first kappa shape index (κ1) is 26.6. The van der Waals surface area contributed by atoms with Crippen LogP contribution in [0.1, 0.15) is 55.7 Å². The molecule has 2 aromatic rings. The molecule has 3 nitrogen and oxygen atoms in total. The minimum Gasteiger partial charge on any atom is -1.00 e. The fourth-order valence-electron chi connectivity index (χ4n) is 6.81. The minimum atomic E-state index is 0. The van der Waals surface area contributed by atoms with Crippen molar-refractivity contribution in [3.8, 4) is 0 Å². The molecule has 0 saturated heterocycles. The Balaban J connectivity index is 0.00000102. The van der Waals surface area contributed by atoms with Crippen molar-refractivity contribution in [1.29, 1.82) is 0 Å². The van der Waals surface area contributed by atoms with Crippen LogP contribution in [0.15, 0.2) is 65.8 Å². The third-order valence-electron chi connectivity index (χ3n) is 7.93. The van der Waals surface area contributed by atoms with E-state index in [9.17, 15) is 0 Å². The van der Waals surface area contributed by atoms with Gasteiger partial charge in [0.25, 0.3) is 0 Å². The summed E-state index contributed by atoms with van der Waals surface area (Å²) < 4.78 is 0. The van der Waals surface area contributed by atoms with Gasteiger partial charge in [0, 0.05) is 12.5 Å². The van der Waals surface area contributed by atoms with Crippen LogP contribution in [0.25, 0.3) is 0 Å². The Kier molecular flexibility index (Phi) is 9.03. The summed E-state index contributed by atoms with van der Waals surface area (Å²) in [6.45, 7) is 0. The van der Waals surface area contributed by atoms with Gasteiger partial charge in [-0.15, -0.1) is 0 Å². The Morgan fingerprint density at radius 3 is 1.94 bits per heavy atom. The molecule has 7 rings (SSSR count). The van der Waals surface area contributed by atoms with Gasteiger partial charge >= 0.3 is 20.4 Å². The molecule has 1 atom stereocenters. The summed E-state index contributed by atoms with van der Waals surface area (Å²) in [5, 5.41) is 11.8. The number of benzene rings is 2. The molecule has 0 amide bonds. The molecule has 1 heterocycles. The van der Waals surface area contributed by atoms with E-state index in [0.717, 1.165) is 40.9 Å². The van der Waals surface area contributed by atoms with Gasteiger partial charge in [-0.05, 0) is 79.1 Å². The standard InChI is InChI=1S/C26H29N3S.2ClH.Pd/c30-26(27-25-21-12-17-11-18(14-21)15-22(25)13-17)29-24(20-9-5-2-6-10-20)16-23(28-29)19-7-3-1-4-8-19;;;/h1-10,17-18,21-22,24-25H,11-16H2,(H,27,30);2*1H;/q;;;+2/p-2. The van der Waals surface area contributed by atoms with Crippen LogP contribution in [0.3, 0.4) is 0 Å². The zero-order valence-electron chi connectivity index (χ0n) is 18.4. The fraction of sp³-hybridized carbons (Fsp3) is 0.462. The van der Waals surface area contributed by atoms with Crippen LogP contribution in [0, 0.1) is 23.7 Å². The van der Waals surface area contributed by atoms with Crippen molar-refractivity contribution in [2.24, 2.45) is 28.8 Å². The van der Waals surface area contributed by atoms with E-state index in [1.807, 2.05) is 0 Å². The molecular formula is C26H29Cl2N3PdS. The van der Waals surface area contributed by atoms with E-state index in [-0.39, 0.29) is 51.3 Å². The minimum absolute atomic E-state index is 0. The zero-order valence-corrected chi connectivity index (χ0v) is 22.2. The fourth-order valence-corrected chi connectivity index (χ4v) is 7.11. The average molecular weight is 593 g/mol. The molecular weight excluding hydrogens is 564 g/mol. The van der Waals surface area contributed by atoms with Crippen LogP contribution < -0.4 is 30.1 Å². The van der Waals surface area contributed by atoms with E-state index in [0.29, 0.717) is 6.04 Å². The maximum Gasteiger partial charge on any atom is 2.00 e. The van der Waals surface area contributed by atoms with Gasteiger partial charge in [-0.2, -0.15) is 5.10 Å². The molecule has 0 spiro atoms. The maximum atomic E-state index is 6.00. The molecule has 2 aromatic carbocycles. The molecule has 0 radical (unpaired) electrons. The second-order valence-electron chi connectivity index (χ2n) is 9.79. The van der Waals surface area contributed by atoms with Crippen LogP contribution in [-0.4, -0.2) is 21.9 Å². The maximum absolute atomic E-state index is 6.00. The number of rotatable bonds is 3. The SMILES string of the molecule is S=C(NC1C2CC3CC(C2)CC1C3)N1N=C(c2ccccc2)CC1c1ccccc1.[Cl-].[Cl-].[Pd+2]. The summed E-state index contributed by atoms with van der Waals surface area (Å²) in [5.41, 5.74) is 3.60. The van der Waals surface area contributed by atoms with E-state index < -0.39 is 0 Å². The molecule has 4 aliphatic carbocycles. The van der Waals surface area contributed by atoms with Crippen molar-refractivity contribution >= 4 is 23.0 Å². The molecule has 1 aliphatic heterocycles. The quantitative estimate of drug-likeness (QED) is 0.387. The zero-order chi connectivity index (χ0) is 20.1. The monoisotopic (exact) mass is 591 g/mol. The average Bonchev–Trinajstić information content (AvgIpc) is 3.23. The molecule has 4 saturated carbocycles. The van der Waals surface area contributed by atoms with E-state index in [1.54, 1.807) is 0 Å². The van der Waals surface area contributed by atoms with Gasteiger partial charge < -0.3 is 30.1 Å². The van der Waals surface area contributed by atoms with E-state index in [2.05, 4.69) is 71.0 Å². The Morgan fingerprint density at radius 1 is 0.818 bits per heavy atom. The molecule has 5 aliphatic rings.